The molecule has 0 heterocycles. The quantitative estimate of drug-likeness (QED) is 0.524. The van der Waals surface area contributed by atoms with Gasteiger partial charge in [-0.05, 0) is 24.5 Å². The van der Waals surface area contributed by atoms with Crippen molar-refractivity contribution in [3.63, 3.8) is 0 Å². The van der Waals surface area contributed by atoms with E-state index in [1.807, 2.05) is 0 Å². The molecule has 0 aliphatic heterocycles. The first-order valence-corrected chi connectivity index (χ1v) is 7.22. The maximum atomic E-state index is 13.0. The Morgan fingerprint density at radius 1 is 1.05 bits per heavy atom. The molecule has 2 aromatic carbocycles. The summed E-state index contributed by atoms with van der Waals surface area (Å²) in [5.74, 6) is -0.726. The van der Waals surface area contributed by atoms with E-state index < -0.39 is 23.1 Å². The van der Waals surface area contributed by atoms with Gasteiger partial charge in [0.25, 0.3) is 0 Å². The molecular weight excluding hydrogens is 299 g/mol. The van der Waals surface area contributed by atoms with Crippen LogP contribution in [0.3, 0.4) is 0 Å². The first kappa shape index (κ1) is 15.4. The lowest BCUT2D eigenvalue weighted by Gasteiger charge is -2.13. The maximum Gasteiger partial charge on any atom is 0.417 e. The standard InChI is InChI=1S/C15H12F3NOS/c1-21-12-8-4-6-10(13(12)19)14(20)9-5-2-3-7-11(9)15(16,17)18/h2-8H,19H2,1H3. The Kier molecular flexibility index (Phi) is 4.27. The molecule has 0 fully saturated rings. The predicted octanol–water partition coefficient (Wildman–Crippen LogP) is 4.24. The number of hydrogen-bond acceptors (Lipinski definition) is 3. The minimum atomic E-state index is -4.59. The molecule has 0 aliphatic rings. The Balaban J connectivity index is 2.57. The highest BCUT2D eigenvalue weighted by Crippen LogP contribution is 2.34. The van der Waals surface area contributed by atoms with Crippen LogP contribution in [-0.2, 0) is 6.18 Å². The van der Waals surface area contributed by atoms with Gasteiger partial charge >= 0.3 is 6.18 Å². The number of hydrogen-bond donors (Lipinski definition) is 1. The summed E-state index contributed by atoms with van der Waals surface area (Å²) in [5.41, 5.74) is 4.80. The van der Waals surface area contributed by atoms with Crippen molar-refractivity contribution >= 4 is 23.2 Å². The topological polar surface area (TPSA) is 43.1 Å². The van der Waals surface area contributed by atoms with Crippen molar-refractivity contribution in [3.05, 3.63) is 59.2 Å². The molecule has 0 aromatic heterocycles. The predicted molar refractivity (Wildman–Crippen MR) is 77.5 cm³/mol. The lowest BCUT2D eigenvalue weighted by Crippen LogP contribution is -2.14. The molecule has 0 saturated carbocycles. The fraction of sp³-hybridized carbons (Fsp3) is 0.133. The van der Waals surface area contributed by atoms with E-state index in [1.54, 1.807) is 18.4 Å². The van der Waals surface area contributed by atoms with Gasteiger partial charge in [0.2, 0.25) is 0 Å². The molecule has 0 amide bonds. The molecule has 0 bridgehead atoms. The summed E-state index contributed by atoms with van der Waals surface area (Å²) in [6.45, 7) is 0. The zero-order valence-electron chi connectivity index (χ0n) is 11.1. The Morgan fingerprint density at radius 3 is 2.29 bits per heavy atom. The largest absolute Gasteiger partial charge is 0.417 e. The number of nitrogen functional groups attached to an aromatic ring is 1. The second-order valence-corrected chi connectivity index (χ2v) is 5.14. The van der Waals surface area contributed by atoms with Gasteiger partial charge in [0, 0.05) is 16.0 Å². The SMILES string of the molecule is CSc1cccc(C(=O)c2ccccc2C(F)(F)F)c1N. The number of halogens is 3. The summed E-state index contributed by atoms with van der Waals surface area (Å²) in [6, 6.07) is 9.46. The van der Waals surface area contributed by atoms with E-state index in [0.717, 1.165) is 12.1 Å². The Labute approximate surface area is 124 Å². The lowest BCUT2D eigenvalue weighted by atomic mass is 9.97. The van der Waals surface area contributed by atoms with Crippen molar-refractivity contribution in [2.24, 2.45) is 0 Å². The Morgan fingerprint density at radius 2 is 1.67 bits per heavy atom. The molecule has 2 nitrogen and oxygen atoms in total. The van der Waals surface area contributed by atoms with Crippen LogP contribution in [0.4, 0.5) is 18.9 Å². The van der Waals surface area contributed by atoms with Gasteiger partial charge in [0.05, 0.1) is 11.3 Å². The highest BCUT2D eigenvalue weighted by Gasteiger charge is 2.35. The highest BCUT2D eigenvalue weighted by molar-refractivity contribution is 7.98. The number of carbonyl (C=O) groups is 1. The molecule has 2 aromatic rings. The zero-order chi connectivity index (χ0) is 15.6. The minimum absolute atomic E-state index is 0.0820. The van der Waals surface area contributed by atoms with E-state index in [0.29, 0.717) is 4.90 Å². The summed E-state index contributed by atoms with van der Waals surface area (Å²) < 4.78 is 38.9. The third-order valence-corrected chi connectivity index (χ3v) is 3.80. The van der Waals surface area contributed by atoms with Crippen LogP contribution in [0.1, 0.15) is 21.5 Å². The van der Waals surface area contributed by atoms with Crippen molar-refractivity contribution in [2.45, 2.75) is 11.1 Å². The molecule has 0 unspecified atom stereocenters. The molecule has 2 rings (SSSR count). The van der Waals surface area contributed by atoms with Crippen LogP contribution < -0.4 is 5.73 Å². The van der Waals surface area contributed by atoms with Crippen LogP contribution in [-0.4, -0.2) is 12.0 Å². The van der Waals surface area contributed by atoms with E-state index in [2.05, 4.69) is 0 Å². The first-order valence-electron chi connectivity index (χ1n) is 5.99. The number of alkyl halides is 3. The van der Waals surface area contributed by atoms with Gasteiger partial charge in [-0.15, -0.1) is 11.8 Å². The molecule has 0 saturated heterocycles. The van der Waals surface area contributed by atoms with Crippen molar-refractivity contribution in [3.8, 4) is 0 Å². The number of anilines is 1. The zero-order valence-corrected chi connectivity index (χ0v) is 11.9. The molecule has 2 N–H and O–H groups in total. The van der Waals surface area contributed by atoms with Gasteiger partial charge in [-0.25, -0.2) is 0 Å². The van der Waals surface area contributed by atoms with Crippen molar-refractivity contribution in [2.75, 3.05) is 12.0 Å². The average Bonchev–Trinajstić information content (AvgIpc) is 2.46. The first-order chi connectivity index (χ1) is 9.86. The van der Waals surface area contributed by atoms with Gasteiger partial charge < -0.3 is 5.73 Å². The third-order valence-electron chi connectivity index (χ3n) is 3.01. The monoisotopic (exact) mass is 311 g/mol. The van der Waals surface area contributed by atoms with Crippen molar-refractivity contribution < 1.29 is 18.0 Å². The van der Waals surface area contributed by atoms with E-state index >= 15 is 0 Å². The number of carbonyl (C=O) groups excluding carboxylic acids is 1. The average molecular weight is 311 g/mol. The molecular formula is C15H12F3NOS. The third kappa shape index (κ3) is 3.05. The normalized spacial score (nSPS) is 11.4. The number of rotatable bonds is 3. The number of thioether (sulfide) groups is 1. The van der Waals surface area contributed by atoms with Crippen LogP contribution in [0.2, 0.25) is 0 Å². The lowest BCUT2D eigenvalue weighted by molar-refractivity contribution is -0.137. The van der Waals surface area contributed by atoms with Crippen LogP contribution >= 0.6 is 11.8 Å². The van der Waals surface area contributed by atoms with Crippen LogP contribution in [0, 0.1) is 0 Å². The second kappa shape index (κ2) is 5.81. The summed E-state index contributed by atoms with van der Waals surface area (Å²) in [6.07, 6.45) is -2.80. The van der Waals surface area contributed by atoms with Gasteiger partial charge in [0.1, 0.15) is 0 Å². The summed E-state index contributed by atoms with van der Waals surface area (Å²) >= 11 is 1.33. The number of ketones is 1. The Hall–Kier alpha value is -1.95. The minimum Gasteiger partial charge on any atom is -0.397 e. The van der Waals surface area contributed by atoms with Crippen LogP contribution in [0.5, 0.6) is 0 Å². The highest BCUT2D eigenvalue weighted by atomic mass is 32.2. The molecule has 0 spiro atoms. The molecule has 0 atom stereocenters. The molecule has 21 heavy (non-hydrogen) atoms. The molecule has 6 heteroatoms. The Bertz CT molecular complexity index is 683. The van der Waals surface area contributed by atoms with Crippen LogP contribution in [0.25, 0.3) is 0 Å². The summed E-state index contributed by atoms with van der Waals surface area (Å²) in [7, 11) is 0. The van der Waals surface area contributed by atoms with Crippen LogP contribution in [0.15, 0.2) is 47.4 Å². The van der Waals surface area contributed by atoms with E-state index in [1.165, 1.54) is 30.0 Å². The molecule has 0 radical (unpaired) electrons. The van der Waals surface area contributed by atoms with Gasteiger partial charge in [-0.3, -0.25) is 4.79 Å². The van der Waals surface area contributed by atoms with Crippen molar-refractivity contribution in [1.82, 2.24) is 0 Å². The number of nitrogens with two attached hydrogens (primary N) is 1. The van der Waals surface area contributed by atoms with E-state index in [9.17, 15) is 18.0 Å². The van der Waals surface area contributed by atoms with E-state index in [4.69, 9.17) is 5.73 Å². The molecule has 0 aliphatic carbocycles. The maximum absolute atomic E-state index is 13.0. The smallest absolute Gasteiger partial charge is 0.397 e. The van der Waals surface area contributed by atoms with Gasteiger partial charge in [-0.1, -0.05) is 24.3 Å². The van der Waals surface area contributed by atoms with Gasteiger partial charge in [-0.2, -0.15) is 13.2 Å². The fourth-order valence-electron chi connectivity index (χ4n) is 1.99. The summed E-state index contributed by atoms with van der Waals surface area (Å²) in [5, 5.41) is 0. The van der Waals surface area contributed by atoms with E-state index in [-0.39, 0.29) is 11.3 Å². The second-order valence-electron chi connectivity index (χ2n) is 4.29. The molecule has 110 valence electrons. The van der Waals surface area contributed by atoms with Gasteiger partial charge in [0.15, 0.2) is 5.78 Å². The van der Waals surface area contributed by atoms with Crippen molar-refractivity contribution in [1.29, 1.82) is 0 Å². The fourth-order valence-corrected chi connectivity index (χ4v) is 2.54. The number of benzene rings is 2. The summed E-state index contributed by atoms with van der Waals surface area (Å²) in [4.78, 5) is 13.1. The number of para-hydroxylation sites is 1.